The monoisotopic (exact) mass is 296 g/mol. The summed E-state index contributed by atoms with van der Waals surface area (Å²) >= 11 is 0. The molecular weight excluding hydrogens is 276 g/mol. The van der Waals surface area contributed by atoms with Crippen molar-refractivity contribution < 1.29 is 9.53 Å². The maximum Gasteiger partial charge on any atom is 0.348 e. The Morgan fingerprint density at radius 3 is 2.68 bits per heavy atom. The van der Waals surface area contributed by atoms with E-state index in [0.29, 0.717) is 0 Å². The Hall–Kier alpha value is -2.54. The molecule has 0 fully saturated rings. The van der Waals surface area contributed by atoms with E-state index in [0.717, 1.165) is 11.4 Å². The number of carbonyl (C=O) groups is 1. The minimum Gasteiger partial charge on any atom is -0.462 e. The second-order valence-electron chi connectivity index (χ2n) is 5.67. The minimum atomic E-state index is -0.585. The fourth-order valence-corrected chi connectivity index (χ4v) is 2.82. The number of likely N-dealkylation sites (N-methyl/N-ethyl adjacent to an activating group) is 1. The molecule has 0 unspecified atom stereocenters. The number of nitrogens with zero attached hydrogens (tertiary/aromatic N) is 2. The lowest BCUT2D eigenvalue weighted by atomic mass is 9.83. The number of benzene rings is 1. The van der Waals surface area contributed by atoms with Gasteiger partial charge in [0.1, 0.15) is 11.6 Å². The van der Waals surface area contributed by atoms with Gasteiger partial charge in [-0.05, 0) is 30.7 Å². The molecule has 0 radical (unpaired) electrons. The molecule has 0 aromatic heterocycles. The van der Waals surface area contributed by atoms with Crippen molar-refractivity contribution in [1.29, 1.82) is 5.26 Å². The van der Waals surface area contributed by atoms with Gasteiger partial charge in [0.15, 0.2) is 0 Å². The van der Waals surface area contributed by atoms with Gasteiger partial charge < -0.3 is 9.64 Å². The van der Waals surface area contributed by atoms with E-state index in [1.54, 1.807) is 6.92 Å². The van der Waals surface area contributed by atoms with Crippen LogP contribution in [0.1, 0.15) is 26.3 Å². The Kier molecular flexibility index (Phi) is 4.37. The van der Waals surface area contributed by atoms with Crippen LogP contribution in [-0.2, 0) is 14.9 Å². The van der Waals surface area contributed by atoms with E-state index in [2.05, 4.69) is 30.9 Å². The van der Waals surface area contributed by atoms with Gasteiger partial charge in [0.05, 0.1) is 6.61 Å². The lowest BCUT2D eigenvalue weighted by Crippen LogP contribution is -2.22. The fraction of sp³-hybridized carbons (Fsp3) is 0.333. The number of hydrogen-bond acceptors (Lipinski definition) is 4. The molecule has 4 nitrogen and oxygen atoms in total. The molecule has 1 heterocycles. The molecule has 1 aromatic rings. The van der Waals surface area contributed by atoms with Crippen molar-refractivity contribution in [2.75, 3.05) is 18.6 Å². The molecule has 0 bridgehead atoms. The van der Waals surface area contributed by atoms with E-state index in [1.807, 2.05) is 31.3 Å². The first-order chi connectivity index (χ1) is 10.4. The second-order valence-corrected chi connectivity index (χ2v) is 5.67. The third kappa shape index (κ3) is 2.62. The van der Waals surface area contributed by atoms with Crippen LogP contribution in [0.3, 0.4) is 0 Å². The van der Waals surface area contributed by atoms with Crippen LogP contribution in [0, 0.1) is 11.3 Å². The van der Waals surface area contributed by atoms with Crippen molar-refractivity contribution in [2.45, 2.75) is 26.2 Å². The Morgan fingerprint density at radius 2 is 2.09 bits per heavy atom. The third-order valence-corrected chi connectivity index (χ3v) is 3.96. The summed E-state index contributed by atoms with van der Waals surface area (Å²) in [5.74, 6) is -0.585. The lowest BCUT2D eigenvalue weighted by molar-refractivity contribution is -0.138. The molecular formula is C18H20N2O2. The summed E-state index contributed by atoms with van der Waals surface area (Å²) in [5.41, 5.74) is 3.23. The average Bonchev–Trinajstić information content (AvgIpc) is 2.69. The number of anilines is 1. The van der Waals surface area contributed by atoms with Crippen LogP contribution in [0.15, 0.2) is 47.7 Å². The van der Waals surface area contributed by atoms with Crippen LogP contribution in [-0.4, -0.2) is 19.6 Å². The Labute approximate surface area is 131 Å². The van der Waals surface area contributed by atoms with Gasteiger partial charge in [-0.3, -0.25) is 0 Å². The maximum absolute atomic E-state index is 11.7. The van der Waals surface area contributed by atoms with Crippen LogP contribution >= 0.6 is 0 Å². The third-order valence-electron chi connectivity index (χ3n) is 3.96. The zero-order chi connectivity index (χ0) is 16.3. The van der Waals surface area contributed by atoms with Crippen molar-refractivity contribution in [2.24, 2.45) is 0 Å². The second kappa shape index (κ2) is 6.07. The molecule has 0 amide bonds. The summed E-state index contributed by atoms with van der Waals surface area (Å²) in [6.07, 6.45) is 3.37. The summed E-state index contributed by atoms with van der Waals surface area (Å²) in [6, 6.07) is 10.1. The molecule has 0 aliphatic carbocycles. The van der Waals surface area contributed by atoms with Gasteiger partial charge in [0, 0.05) is 23.8 Å². The normalized spacial score (nSPS) is 18.0. The van der Waals surface area contributed by atoms with Gasteiger partial charge in [-0.1, -0.05) is 32.0 Å². The highest BCUT2D eigenvalue weighted by Crippen LogP contribution is 2.46. The number of ether oxygens (including phenoxy) is 1. The number of esters is 1. The number of para-hydroxylation sites is 1. The Balaban J connectivity index is 2.41. The van der Waals surface area contributed by atoms with E-state index in [9.17, 15) is 4.79 Å². The number of carbonyl (C=O) groups excluding carboxylic acids is 1. The van der Waals surface area contributed by atoms with Crippen LogP contribution in [0.2, 0.25) is 0 Å². The van der Waals surface area contributed by atoms with E-state index in [-0.39, 0.29) is 17.6 Å². The molecule has 2 rings (SSSR count). The zero-order valence-electron chi connectivity index (χ0n) is 13.4. The quantitative estimate of drug-likeness (QED) is 0.488. The van der Waals surface area contributed by atoms with Gasteiger partial charge in [-0.2, -0.15) is 5.26 Å². The van der Waals surface area contributed by atoms with Gasteiger partial charge in [-0.15, -0.1) is 0 Å². The SMILES string of the molecule is CCOC(=O)C(C#N)=CC=C1N(C)c2ccccc2C1(C)C. The highest BCUT2D eigenvalue weighted by atomic mass is 16.5. The standard InChI is InChI=1S/C18H20N2O2/c1-5-22-17(21)13(12-19)10-11-16-18(2,3)14-8-6-7-9-15(14)20(16)4/h6-11H,5H2,1-4H3. The van der Waals surface area contributed by atoms with E-state index < -0.39 is 5.97 Å². The molecule has 0 saturated heterocycles. The van der Waals surface area contributed by atoms with Crippen LogP contribution < -0.4 is 4.90 Å². The minimum absolute atomic E-state index is 0.00880. The smallest absolute Gasteiger partial charge is 0.348 e. The maximum atomic E-state index is 11.7. The first-order valence-corrected chi connectivity index (χ1v) is 7.26. The molecule has 1 aliphatic rings. The molecule has 0 N–H and O–H groups in total. The average molecular weight is 296 g/mol. The largest absolute Gasteiger partial charge is 0.462 e. The van der Waals surface area contributed by atoms with Crippen LogP contribution in [0.4, 0.5) is 5.69 Å². The van der Waals surface area contributed by atoms with Crippen LogP contribution in [0.25, 0.3) is 0 Å². The summed E-state index contributed by atoms with van der Waals surface area (Å²) < 4.78 is 4.88. The van der Waals surface area contributed by atoms with Gasteiger partial charge in [0.25, 0.3) is 0 Å². The molecule has 0 atom stereocenters. The number of allylic oxidation sites excluding steroid dienone is 3. The number of nitriles is 1. The molecule has 4 heteroatoms. The van der Waals surface area contributed by atoms with Crippen molar-refractivity contribution in [3.8, 4) is 6.07 Å². The summed E-state index contributed by atoms with van der Waals surface area (Å²) in [7, 11) is 1.99. The highest BCUT2D eigenvalue weighted by Gasteiger charge is 2.37. The number of rotatable bonds is 3. The van der Waals surface area contributed by atoms with Gasteiger partial charge in [0.2, 0.25) is 0 Å². The predicted molar refractivity (Wildman–Crippen MR) is 86.3 cm³/mol. The van der Waals surface area contributed by atoms with E-state index in [1.165, 1.54) is 11.6 Å². The summed E-state index contributed by atoms with van der Waals surface area (Å²) in [5, 5.41) is 9.10. The molecule has 1 aliphatic heterocycles. The molecule has 114 valence electrons. The van der Waals surface area contributed by atoms with Gasteiger partial charge in [-0.25, -0.2) is 4.79 Å². The molecule has 22 heavy (non-hydrogen) atoms. The molecule has 1 aromatic carbocycles. The Morgan fingerprint density at radius 1 is 1.41 bits per heavy atom. The predicted octanol–water partition coefficient (Wildman–Crippen LogP) is 3.31. The topological polar surface area (TPSA) is 53.3 Å². The first-order valence-electron chi connectivity index (χ1n) is 7.26. The van der Waals surface area contributed by atoms with Gasteiger partial charge >= 0.3 is 5.97 Å². The molecule has 0 spiro atoms. The fourth-order valence-electron chi connectivity index (χ4n) is 2.82. The summed E-state index contributed by atoms with van der Waals surface area (Å²) in [4.78, 5) is 13.8. The van der Waals surface area contributed by atoms with Crippen molar-refractivity contribution in [3.63, 3.8) is 0 Å². The summed E-state index contributed by atoms with van der Waals surface area (Å²) in [6.45, 7) is 6.23. The van der Waals surface area contributed by atoms with Crippen molar-refractivity contribution in [3.05, 3.63) is 53.3 Å². The van der Waals surface area contributed by atoms with Crippen molar-refractivity contribution in [1.82, 2.24) is 0 Å². The number of hydrogen-bond donors (Lipinski definition) is 0. The molecule has 0 saturated carbocycles. The lowest BCUT2D eigenvalue weighted by Gasteiger charge is -2.23. The first kappa shape index (κ1) is 15.8. The van der Waals surface area contributed by atoms with E-state index in [4.69, 9.17) is 10.00 Å². The van der Waals surface area contributed by atoms with E-state index >= 15 is 0 Å². The highest BCUT2D eigenvalue weighted by molar-refractivity contribution is 5.93. The number of fused-ring (bicyclic) bond motifs is 1. The van der Waals surface area contributed by atoms with Crippen molar-refractivity contribution >= 4 is 11.7 Å². The van der Waals surface area contributed by atoms with Crippen LogP contribution in [0.5, 0.6) is 0 Å². The Bertz CT molecular complexity index is 693. The zero-order valence-corrected chi connectivity index (χ0v) is 13.4.